The van der Waals surface area contributed by atoms with E-state index in [4.69, 9.17) is 33.2 Å². The number of hydrogen-bond acceptors (Lipinski definition) is 9. The normalized spacial score (nSPS) is 12.8. The lowest BCUT2D eigenvalue weighted by Crippen LogP contribution is -2.56. The molecule has 0 rings (SSSR count). The standard InChI is InChI=1S/C19H31F7O9/c1-28-2-3-29-4-5-30-6-7-31-8-9-32-10-11-33-12-13-34-14-15-35-16(27)17(20,21)18(22,23)19(24,25)26/h2-15H2,1H3. The lowest BCUT2D eigenvalue weighted by molar-refractivity contribution is -0.348. The monoisotopic (exact) mass is 536 g/mol. The van der Waals surface area contributed by atoms with Crippen molar-refractivity contribution in [3.8, 4) is 0 Å². The number of hydrogen-bond donors (Lipinski definition) is 0. The number of ether oxygens (including phenoxy) is 8. The third kappa shape index (κ3) is 14.8. The van der Waals surface area contributed by atoms with E-state index >= 15 is 0 Å². The van der Waals surface area contributed by atoms with E-state index in [-0.39, 0.29) is 26.4 Å². The van der Waals surface area contributed by atoms with Crippen LogP contribution < -0.4 is 0 Å². The second kappa shape index (κ2) is 18.9. The molecular weight excluding hydrogens is 505 g/mol. The van der Waals surface area contributed by atoms with E-state index in [1.165, 1.54) is 0 Å². The Morgan fingerprint density at radius 2 is 0.800 bits per heavy atom. The van der Waals surface area contributed by atoms with Gasteiger partial charge in [0, 0.05) is 7.11 Å². The smallest absolute Gasteiger partial charge is 0.459 e. The van der Waals surface area contributed by atoms with Crippen LogP contribution in [-0.4, -0.2) is 124 Å². The van der Waals surface area contributed by atoms with E-state index in [0.29, 0.717) is 52.9 Å². The highest BCUT2D eigenvalue weighted by Crippen LogP contribution is 2.46. The molecule has 0 saturated heterocycles. The molecule has 0 saturated carbocycles. The summed E-state index contributed by atoms with van der Waals surface area (Å²) < 4.78 is 127. The van der Waals surface area contributed by atoms with Crippen molar-refractivity contribution in [1.82, 2.24) is 0 Å². The maximum Gasteiger partial charge on any atom is 0.460 e. The maximum atomic E-state index is 13.0. The van der Waals surface area contributed by atoms with Crippen molar-refractivity contribution in [3.05, 3.63) is 0 Å². The maximum absolute atomic E-state index is 13.0. The van der Waals surface area contributed by atoms with Gasteiger partial charge in [-0.1, -0.05) is 0 Å². The Morgan fingerprint density at radius 1 is 0.514 bits per heavy atom. The molecule has 0 aliphatic carbocycles. The molecule has 0 aromatic heterocycles. The molecule has 0 atom stereocenters. The van der Waals surface area contributed by atoms with Crippen LogP contribution in [0.3, 0.4) is 0 Å². The average molecular weight is 536 g/mol. The highest BCUT2D eigenvalue weighted by Gasteiger charge is 2.77. The minimum atomic E-state index is -6.62. The van der Waals surface area contributed by atoms with Gasteiger partial charge in [-0.2, -0.15) is 30.7 Å². The fourth-order valence-electron chi connectivity index (χ4n) is 1.93. The zero-order valence-electron chi connectivity index (χ0n) is 19.2. The summed E-state index contributed by atoms with van der Waals surface area (Å²) in [5.74, 6) is -15.6. The van der Waals surface area contributed by atoms with Crippen LogP contribution in [0.15, 0.2) is 0 Å². The SMILES string of the molecule is COCCOCCOCCOCCOCCOCCOCCOC(=O)C(F)(F)C(F)(F)C(F)(F)F. The molecule has 0 aromatic carbocycles. The van der Waals surface area contributed by atoms with E-state index in [9.17, 15) is 35.5 Å². The lowest BCUT2D eigenvalue weighted by atomic mass is 10.1. The number of carbonyl (C=O) groups excluding carboxylic acids is 1. The molecule has 35 heavy (non-hydrogen) atoms. The predicted molar refractivity (Wildman–Crippen MR) is 104 cm³/mol. The average Bonchev–Trinajstić information content (AvgIpc) is 2.79. The Kier molecular flexibility index (Phi) is 18.2. The predicted octanol–water partition coefficient (Wildman–Crippen LogP) is 2.11. The van der Waals surface area contributed by atoms with Crippen LogP contribution in [0.5, 0.6) is 0 Å². The van der Waals surface area contributed by atoms with Crippen LogP contribution in [0.2, 0.25) is 0 Å². The van der Waals surface area contributed by atoms with E-state index in [1.807, 2.05) is 0 Å². The number of carbonyl (C=O) groups is 1. The quantitative estimate of drug-likeness (QED) is 0.111. The minimum Gasteiger partial charge on any atom is -0.459 e. The zero-order valence-corrected chi connectivity index (χ0v) is 19.2. The highest BCUT2D eigenvalue weighted by molar-refractivity contribution is 5.79. The summed E-state index contributed by atoms with van der Waals surface area (Å²) >= 11 is 0. The molecule has 0 heterocycles. The fourth-order valence-corrected chi connectivity index (χ4v) is 1.93. The van der Waals surface area contributed by atoms with Crippen LogP contribution in [0.1, 0.15) is 0 Å². The van der Waals surface area contributed by atoms with Crippen molar-refractivity contribution in [2.75, 3.05) is 99.6 Å². The number of rotatable bonds is 23. The third-order valence-electron chi connectivity index (χ3n) is 3.76. The Hall–Kier alpha value is -1.30. The largest absolute Gasteiger partial charge is 0.460 e. The van der Waals surface area contributed by atoms with Crippen LogP contribution in [0.4, 0.5) is 30.7 Å². The van der Waals surface area contributed by atoms with Crippen molar-refractivity contribution in [2.45, 2.75) is 18.0 Å². The molecule has 9 nitrogen and oxygen atoms in total. The zero-order chi connectivity index (χ0) is 26.6. The van der Waals surface area contributed by atoms with Gasteiger partial charge in [-0.25, -0.2) is 4.79 Å². The van der Waals surface area contributed by atoms with Crippen LogP contribution in [-0.2, 0) is 42.7 Å². The first-order valence-corrected chi connectivity index (χ1v) is 10.4. The van der Waals surface area contributed by atoms with Gasteiger partial charge in [0.25, 0.3) is 0 Å². The van der Waals surface area contributed by atoms with Crippen LogP contribution in [0.25, 0.3) is 0 Å². The molecule has 0 aliphatic rings. The first-order valence-electron chi connectivity index (χ1n) is 10.4. The molecule has 0 N–H and O–H groups in total. The number of halogens is 7. The van der Waals surface area contributed by atoms with Gasteiger partial charge in [0.05, 0.1) is 85.9 Å². The molecule has 0 bridgehead atoms. The van der Waals surface area contributed by atoms with E-state index in [0.717, 1.165) is 0 Å². The molecule has 16 heteroatoms. The Morgan fingerprint density at radius 3 is 1.09 bits per heavy atom. The number of methoxy groups -OCH3 is 1. The van der Waals surface area contributed by atoms with Crippen molar-refractivity contribution >= 4 is 5.97 Å². The van der Waals surface area contributed by atoms with Crippen molar-refractivity contribution in [3.63, 3.8) is 0 Å². The Labute approximate surface area is 198 Å². The summed E-state index contributed by atoms with van der Waals surface area (Å²) in [4.78, 5) is 10.9. The molecule has 0 radical (unpaired) electrons. The first-order chi connectivity index (χ1) is 16.5. The summed E-state index contributed by atoms with van der Waals surface area (Å²) in [6.07, 6.45) is -6.62. The van der Waals surface area contributed by atoms with Gasteiger partial charge in [0.15, 0.2) is 0 Å². The summed E-state index contributed by atoms with van der Waals surface area (Å²) in [5.41, 5.74) is 0. The van der Waals surface area contributed by atoms with Gasteiger partial charge in [-0.3, -0.25) is 0 Å². The molecule has 0 aliphatic heterocycles. The lowest BCUT2D eigenvalue weighted by Gasteiger charge is -2.26. The molecule has 0 spiro atoms. The summed E-state index contributed by atoms with van der Waals surface area (Å²) in [6, 6.07) is 0. The molecule has 0 aromatic rings. The molecule has 0 fully saturated rings. The number of alkyl halides is 7. The first kappa shape index (κ1) is 33.7. The van der Waals surface area contributed by atoms with Gasteiger partial charge in [-0.15, -0.1) is 0 Å². The Balaban J connectivity index is 3.47. The van der Waals surface area contributed by atoms with E-state index in [2.05, 4.69) is 4.74 Å². The van der Waals surface area contributed by atoms with Crippen molar-refractivity contribution < 1.29 is 73.4 Å². The Bertz CT molecular complexity index is 537. The number of esters is 1. The van der Waals surface area contributed by atoms with Crippen LogP contribution in [0, 0.1) is 0 Å². The van der Waals surface area contributed by atoms with Gasteiger partial charge in [-0.05, 0) is 0 Å². The van der Waals surface area contributed by atoms with Crippen molar-refractivity contribution in [1.29, 1.82) is 0 Å². The van der Waals surface area contributed by atoms with Crippen LogP contribution >= 0.6 is 0 Å². The fraction of sp³-hybridized carbons (Fsp3) is 0.947. The third-order valence-corrected chi connectivity index (χ3v) is 3.76. The van der Waals surface area contributed by atoms with E-state index < -0.39 is 37.2 Å². The van der Waals surface area contributed by atoms with E-state index in [1.54, 1.807) is 7.11 Å². The van der Waals surface area contributed by atoms with Crippen molar-refractivity contribution in [2.24, 2.45) is 0 Å². The topological polar surface area (TPSA) is 90.9 Å². The van der Waals surface area contributed by atoms with Gasteiger partial charge < -0.3 is 37.9 Å². The summed E-state index contributed by atoms with van der Waals surface area (Å²) in [6.45, 7) is 2.40. The molecule has 0 amide bonds. The molecule has 0 unspecified atom stereocenters. The second-order valence-electron chi connectivity index (χ2n) is 6.45. The van der Waals surface area contributed by atoms with Gasteiger partial charge in [0.2, 0.25) is 0 Å². The minimum absolute atomic E-state index is 0.0443. The van der Waals surface area contributed by atoms with Gasteiger partial charge >= 0.3 is 24.0 Å². The second-order valence-corrected chi connectivity index (χ2v) is 6.45. The molecular formula is C19H31F7O9. The molecule has 210 valence electrons. The highest BCUT2D eigenvalue weighted by atomic mass is 19.4. The summed E-state index contributed by atoms with van der Waals surface area (Å²) in [7, 11) is 1.59. The summed E-state index contributed by atoms with van der Waals surface area (Å²) in [5, 5.41) is 0. The van der Waals surface area contributed by atoms with Gasteiger partial charge in [0.1, 0.15) is 6.61 Å².